The van der Waals surface area contributed by atoms with E-state index < -0.39 is 0 Å². The van der Waals surface area contributed by atoms with E-state index in [-0.39, 0.29) is 18.6 Å². The number of halogens is 1. The molecule has 0 aromatic heterocycles. The van der Waals surface area contributed by atoms with Crippen LogP contribution in [0.4, 0.5) is 0 Å². The van der Waals surface area contributed by atoms with Crippen LogP contribution in [-0.4, -0.2) is 18.5 Å². The average molecular weight is 283 g/mol. The molecule has 0 radical (unpaired) electrons. The lowest BCUT2D eigenvalue weighted by atomic mass is 10.1. The third-order valence-corrected chi connectivity index (χ3v) is 3.87. The number of benzene rings is 1. The van der Waals surface area contributed by atoms with Crippen LogP contribution in [0.3, 0.4) is 0 Å². The van der Waals surface area contributed by atoms with E-state index in [4.69, 9.17) is 0 Å². The second kappa shape index (κ2) is 7.62. The van der Waals surface area contributed by atoms with Crippen molar-refractivity contribution in [2.75, 3.05) is 12.3 Å². The topological polar surface area (TPSA) is 24.4 Å². The van der Waals surface area contributed by atoms with Crippen LogP contribution in [-0.2, 0) is 0 Å². The van der Waals surface area contributed by atoms with Crippen molar-refractivity contribution in [1.82, 2.24) is 5.32 Å². The summed E-state index contributed by atoms with van der Waals surface area (Å²) in [5.41, 5.74) is 2.47. The van der Waals surface area contributed by atoms with Crippen LogP contribution in [0, 0.1) is 0 Å². The minimum atomic E-state index is 0. The van der Waals surface area contributed by atoms with Crippen LogP contribution < -0.4 is 5.32 Å². The van der Waals surface area contributed by atoms with Gasteiger partial charge in [0.15, 0.2) is 0 Å². The van der Waals surface area contributed by atoms with Gasteiger partial charge in [-0.05, 0) is 19.4 Å². The highest BCUT2D eigenvalue weighted by Crippen LogP contribution is 2.29. The Hall–Kier alpha value is -0.770. The van der Waals surface area contributed by atoms with Crippen molar-refractivity contribution in [3.63, 3.8) is 0 Å². The smallest absolute Gasteiger partial charge is 0.126 e. The number of rotatable bonds is 4. The highest BCUT2D eigenvalue weighted by Gasteiger charge is 2.14. The first kappa shape index (κ1) is 15.3. The zero-order valence-corrected chi connectivity index (χ0v) is 12.2. The van der Waals surface area contributed by atoms with Gasteiger partial charge in [-0.25, -0.2) is 0 Å². The fourth-order valence-electron chi connectivity index (χ4n) is 1.75. The van der Waals surface area contributed by atoms with Gasteiger partial charge in [0.1, 0.15) is 6.17 Å². The maximum absolute atomic E-state index is 4.52. The molecule has 0 spiro atoms. The number of hydrogen-bond donors (Lipinski definition) is 1. The SMILES string of the molecule is C=C(C)CSc1ccccc1C1N=CCCN1.Cl. The normalized spacial score (nSPS) is 18.2. The van der Waals surface area contributed by atoms with E-state index in [1.54, 1.807) is 0 Å². The summed E-state index contributed by atoms with van der Waals surface area (Å²) in [6.45, 7) is 7.02. The second-order valence-electron chi connectivity index (χ2n) is 4.26. The number of thioether (sulfide) groups is 1. The monoisotopic (exact) mass is 282 g/mol. The van der Waals surface area contributed by atoms with E-state index >= 15 is 0 Å². The first-order valence-corrected chi connectivity index (χ1v) is 6.87. The minimum Gasteiger partial charge on any atom is -0.292 e. The lowest BCUT2D eigenvalue weighted by molar-refractivity contribution is 0.540. The van der Waals surface area contributed by atoms with Crippen LogP contribution in [0.5, 0.6) is 0 Å². The van der Waals surface area contributed by atoms with Gasteiger partial charge in [-0.1, -0.05) is 30.4 Å². The lowest BCUT2D eigenvalue weighted by Crippen LogP contribution is -2.25. The van der Waals surface area contributed by atoms with E-state index in [1.807, 2.05) is 18.0 Å². The molecule has 98 valence electrons. The average Bonchev–Trinajstić information content (AvgIpc) is 2.38. The molecule has 1 heterocycles. The van der Waals surface area contributed by atoms with Gasteiger partial charge in [0.05, 0.1) is 0 Å². The van der Waals surface area contributed by atoms with Crippen molar-refractivity contribution >= 4 is 30.4 Å². The third-order valence-electron chi connectivity index (χ3n) is 2.55. The molecule has 2 nitrogen and oxygen atoms in total. The molecule has 0 aliphatic carbocycles. The molecule has 0 amide bonds. The summed E-state index contributed by atoms with van der Waals surface area (Å²) in [6.07, 6.45) is 3.16. The van der Waals surface area contributed by atoms with Crippen molar-refractivity contribution in [3.05, 3.63) is 42.0 Å². The summed E-state index contributed by atoms with van der Waals surface area (Å²) in [5.74, 6) is 0.966. The Bertz CT molecular complexity index is 432. The molecule has 1 aliphatic rings. The maximum Gasteiger partial charge on any atom is 0.126 e. The van der Waals surface area contributed by atoms with E-state index in [9.17, 15) is 0 Å². The van der Waals surface area contributed by atoms with Crippen LogP contribution in [0.25, 0.3) is 0 Å². The molecular formula is C14H19ClN2S. The summed E-state index contributed by atoms with van der Waals surface area (Å²) >= 11 is 1.84. The van der Waals surface area contributed by atoms with E-state index in [1.165, 1.54) is 16.0 Å². The summed E-state index contributed by atoms with van der Waals surface area (Å²) in [6, 6.07) is 8.47. The summed E-state index contributed by atoms with van der Waals surface area (Å²) in [5, 5.41) is 3.43. The highest BCUT2D eigenvalue weighted by atomic mass is 35.5. The quantitative estimate of drug-likeness (QED) is 0.670. The highest BCUT2D eigenvalue weighted by molar-refractivity contribution is 7.99. The molecule has 4 heteroatoms. The number of hydrogen-bond acceptors (Lipinski definition) is 3. The fraction of sp³-hybridized carbons (Fsp3) is 0.357. The van der Waals surface area contributed by atoms with Gasteiger partial charge in [0, 0.05) is 29.0 Å². The molecule has 1 aliphatic heterocycles. The Kier molecular flexibility index (Phi) is 6.47. The van der Waals surface area contributed by atoms with Crippen molar-refractivity contribution in [2.24, 2.45) is 4.99 Å². The molecule has 18 heavy (non-hydrogen) atoms. The lowest BCUT2D eigenvalue weighted by Gasteiger charge is -2.20. The molecule has 1 unspecified atom stereocenters. The van der Waals surface area contributed by atoms with Crippen LogP contribution in [0.1, 0.15) is 25.1 Å². The third kappa shape index (κ3) is 4.16. The molecule has 0 saturated carbocycles. The van der Waals surface area contributed by atoms with Crippen molar-refractivity contribution in [1.29, 1.82) is 0 Å². The molecule has 1 aromatic rings. The summed E-state index contributed by atoms with van der Waals surface area (Å²) in [7, 11) is 0. The Morgan fingerprint density at radius 1 is 1.50 bits per heavy atom. The first-order chi connectivity index (χ1) is 8.27. The van der Waals surface area contributed by atoms with Gasteiger partial charge < -0.3 is 0 Å². The van der Waals surface area contributed by atoms with Gasteiger partial charge in [-0.2, -0.15) is 0 Å². The second-order valence-corrected chi connectivity index (χ2v) is 5.28. The predicted molar refractivity (Wildman–Crippen MR) is 83.1 cm³/mol. The van der Waals surface area contributed by atoms with Gasteiger partial charge in [-0.15, -0.1) is 24.2 Å². The standard InChI is InChI=1S/C14H18N2S.ClH/c1-11(2)10-17-13-7-4-3-6-12(13)14-15-8-5-9-16-14;/h3-4,6-8,14,16H,1,5,9-10H2,2H3;1H. The van der Waals surface area contributed by atoms with Gasteiger partial charge >= 0.3 is 0 Å². The zero-order valence-electron chi connectivity index (χ0n) is 10.6. The van der Waals surface area contributed by atoms with Crippen molar-refractivity contribution < 1.29 is 0 Å². The van der Waals surface area contributed by atoms with Crippen molar-refractivity contribution in [2.45, 2.75) is 24.4 Å². The Morgan fingerprint density at radius 3 is 2.94 bits per heavy atom. The maximum atomic E-state index is 4.52. The Balaban J connectivity index is 0.00000162. The summed E-state index contributed by atoms with van der Waals surface area (Å²) in [4.78, 5) is 5.81. The zero-order chi connectivity index (χ0) is 12.1. The molecule has 0 fully saturated rings. The largest absolute Gasteiger partial charge is 0.292 e. The van der Waals surface area contributed by atoms with E-state index in [0.717, 1.165) is 18.7 Å². The van der Waals surface area contributed by atoms with Gasteiger partial charge in [-0.3, -0.25) is 10.3 Å². The predicted octanol–water partition coefficient (Wildman–Crippen LogP) is 3.84. The van der Waals surface area contributed by atoms with E-state index in [0.29, 0.717) is 0 Å². The molecule has 1 atom stereocenters. The van der Waals surface area contributed by atoms with Gasteiger partial charge in [0.2, 0.25) is 0 Å². The van der Waals surface area contributed by atoms with Gasteiger partial charge in [0.25, 0.3) is 0 Å². The van der Waals surface area contributed by atoms with Crippen LogP contribution >= 0.6 is 24.2 Å². The van der Waals surface area contributed by atoms with Crippen molar-refractivity contribution in [3.8, 4) is 0 Å². The first-order valence-electron chi connectivity index (χ1n) is 5.88. The van der Waals surface area contributed by atoms with E-state index in [2.05, 4.69) is 48.1 Å². The molecule has 1 N–H and O–H groups in total. The van der Waals surface area contributed by atoms with Crippen LogP contribution in [0.2, 0.25) is 0 Å². The molecule has 1 aromatic carbocycles. The fourth-order valence-corrected chi connectivity index (χ4v) is 2.67. The number of aliphatic imine (C=N–C) groups is 1. The molecule has 0 saturated heterocycles. The van der Waals surface area contributed by atoms with Crippen LogP contribution in [0.15, 0.2) is 46.3 Å². The Labute approximate surface area is 119 Å². The molecule has 2 rings (SSSR count). The number of nitrogens with one attached hydrogen (secondary N) is 1. The Morgan fingerprint density at radius 2 is 2.28 bits per heavy atom. The minimum absolute atomic E-state index is 0. The summed E-state index contributed by atoms with van der Waals surface area (Å²) < 4.78 is 0. The molecular weight excluding hydrogens is 264 g/mol. The number of nitrogens with zero attached hydrogens (tertiary/aromatic N) is 1. The molecule has 0 bridgehead atoms.